The molecule has 0 N–H and O–H groups in total. The van der Waals surface area contributed by atoms with Gasteiger partial charge in [0, 0.05) is 43.9 Å². The number of piperazine rings is 1. The summed E-state index contributed by atoms with van der Waals surface area (Å²) in [5.74, 6) is 0.414. The number of benzene rings is 1. The van der Waals surface area contributed by atoms with Crippen molar-refractivity contribution in [2.75, 3.05) is 31.1 Å². The van der Waals surface area contributed by atoms with Crippen LogP contribution in [-0.2, 0) is 11.3 Å². The van der Waals surface area contributed by atoms with Crippen LogP contribution < -0.4 is 10.5 Å². The fraction of sp³-hybridized carbons (Fsp3) is 0.364. The molecule has 31 heavy (non-hydrogen) atoms. The van der Waals surface area contributed by atoms with Gasteiger partial charge in [-0.3, -0.25) is 14.2 Å². The van der Waals surface area contributed by atoms with E-state index in [-0.39, 0.29) is 35.6 Å². The highest BCUT2D eigenvalue weighted by molar-refractivity contribution is 5.77. The molecular weight excluding hydrogens is 401 g/mol. The highest BCUT2D eigenvalue weighted by atomic mass is 19.1. The first kappa shape index (κ1) is 20.8. The standard InChI is InChI=1S/C22H24FN5O3/c1-15(2)21-24-22(31-25-21)18-4-3-5-19(29)28(18)14-20(30)27-12-10-26(11-13-27)17-8-6-16(23)7-9-17/h3-9,15H,10-14H2,1-2H3. The number of carbonyl (C=O) groups is 1. The van der Waals surface area contributed by atoms with Crippen molar-refractivity contribution >= 4 is 11.6 Å². The molecule has 8 nitrogen and oxygen atoms in total. The lowest BCUT2D eigenvalue weighted by molar-refractivity contribution is -0.132. The van der Waals surface area contributed by atoms with E-state index in [0.717, 1.165) is 5.69 Å². The lowest BCUT2D eigenvalue weighted by Gasteiger charge is -2.36. The van der Waals surface area contributed by atoms with E-state index >= 15 is 0 Å². The topological polar surface area (TPSA) is 84.5 Å². The van der Waals surface area contributed by atoms with Gasteiger partial charge in [0.25, 0.3) is 11.4 Å². The van der Waals surface area contributed by atoms with Gasteiger partial charge in [-0.2, -0.15) is 4.98 Å². The third-order valence-corrected chi connectivity index (χ3v) is 5.34. The molecule has 0 saturated carbocycles. The van der Waals surface area contributed by atoms with Gasteiger partial charge in [0.05, 0.1) is 0 Å². The Balaban J connectivity index is 1.46. The van der Waals surface area contributed by atoms with Gasteiger partial charge in [-0.15, -0.1) is 0 Å². The molecule has 0 atom stereocenters. The number of pyridine rings is 1. The molecule has 1 saturated heterocycles. The number of hydrogen-bond donors (Lipinski definition) is 0. The van der Waals surface area contributed by atoms with E-state index < -0.39 is 0 Å². The third-order valence-electron chi connectivity index (χ3n) is 5.34. The van der Waals surface area contributed by atoms with Crippen molar-refractivity contribution in [2.24, 2.45) is 0 Å². The summed E-state index contributed by atoms with van der Waals surface area (Å²) in [6.45, 7) is 6.09. The SMILES string of the molecule is CC(C)c1noc(-c2cccc(=O)n2CC(=O)N2CCN(c3ccc(F)cc3)CC2)n1. The van der Waals surface area contributed by atoms with Crippen LogP contribution in [0.15, 0.2) is 51.8 Å². The summed E-state index contributed by atoms with van der Waals surface area (Å²) in [5.41, 5.74) is 1.04. The molecule has 1 aromatic carbocycles. The fourth-order valence-electron chi connectivity index (χ4n) is 3.54. The molecule has 3 aromatic rings. The van der Waals surface area contributed by atoms with E-state index in [1.807, 2.05) is 13.8 Å². The number of anilines is 1. The van der Waals surface area contributed by atoms with E-state index in [9.17, 15) is 14.0 Å². The second-order valence-electron chi connectivity index (χ2n) is 7.79. The van der Waals surface area contributed by atoms with E-state index in [0.29, 0.717) is 37.7 Å². The molecule has 3 heterocycles. The summed E-state index contributed by atoms with van der Waals surface area (Å²) in [6.07, 6.45) is 0. The molecule has 2 aromatic heterocycles. The fourth-order valence-corrected chi connectivity index (χ4v) is 3.54. The van der Waals surface area contributed by atoms with Crippen LogP contribution >= 0.6 is 0 Å². The molecule has 0 spiro atoms. The average Bonchev–Trinajstić information content (AvgIpc) is 3.26. The van der Waals surface area contributed by atoms with Gasteiger partial charge >= 0.3 is 0 Å². The van der Waals surface area contributed by atoms with Crippen molar-refractivity contribution in [3.63, 3.8) is 0 Å². The Kier molecular flexibility index (Phi) is 5.83. The predicted octanol–water partition coefficient (Wildman–Crippen LogP) is 2.51. The van der Waals surface area contributed by atoms with E-state index in [2.05, 4.69) is 15.0 Å². The number of halogens is 1. The number of carbonyl (C=O) groups excluding carboxylic acids is 1. The molecule has 1 aliphatic rings. The van der Waals surface area contributed by atoms with Gasteiger partial charge in [0.1, 0.15) is 18.1 Å². The Hall–Kier alpha value is -3.49. The second kappa shape index (κ2) is 8.71. The Morgan fingerprint density at radius 2 is 1.81 bits per heavy atom. The van der Waals surface area contributed by atoms with E-state index in [1.165, 1.54) is 22.8 Å². The zero-order valence-corrected chi connectivity index (χ0v) is 17.5. The highest BCUT2D eigenvalue weighted by Crippen LogP contribution is 2.20. The molecule has 9 heteroatoms. The summed E-state index contributed by atoms with van der Waals surface area (Å²) in [5, 5.41) is 3.95. The Morgan fingerprint density at radius 1 is 1.10 bits per heavy atom. The lowest BCUT2D eigenvalue weighted by atomic mass is 10.2. The third kappa shape index (κ3) is 4.50. The molecule has 162 valence electrons. The van der Waals surface area contributed by atoms with Crippen molar-refractivity contribution in [2.45, 2.75) is 26.3 Å². The minimum atomic E-state index is -0.305. The van der Waals surface area contributed by atoms with Crippen molar-refractivity contribution in [3.05, 3.63) is 64.5 Å². The maximum absolute atomic E-state index is 13.1. The molecule has 0 radical (unpaired) electrons. The van der Waals surface area contributed by atoms with Crippen LogP contribution in [0.1, 0.15) is 25.6 Å². The first-order valence-electron chi connectivity index (χ1n) is 10.2. The Bertz CT molecular complexity index is 1110. The molecule has 1 amide bonds. The minimum Gasteiger partial charge on any atom is -0.368 e. The van der Waals surface area contributed by atoms with Gasteiger partial charge in [0.2, 0.25) is 5.91 Å². The maximum atomic E-state index is 13.1. The van der Waals surface area contributed by atoms with Gasteiger partial charge in [-0.1, -0.05) is 25.1 Å². The quantitative estimate of drug-likeness (QED) is 0.625. The van der Waals surface area contributed by atoms with Gasteiger partial charge in [-0.25, -0.2) is 4.39 Å². The van der Waals surface area contributed by atoms with Crippen molar-refractivity contribution in [1.82, 2.24) is 19.6 Å². The van der Waals surface area contributed by atoms with Crippen LogP contribution in [0.4, 0.5) is 10.1 Å². The van der Waals surface area contributed by atoms with Crippen LogP contribution in [0, 0.1) is 5.82 Å². The maximum Gasteiger partial charge on any atom is 0.274 e. The molecule has 1 fully saturated rings. The van der Waals surface area contributed by atoms with Gasteiger partial charge in [-0.05, 0) is 30.3 Å². The number of nitrogens with zero attached hydrogens (tertiary/aromatic N) is 5. The van der Waals surface area contributed by atoms with Gasteiger partial charge in [0.15, 0.2) is 5.82 Å². The molecule has 0 bridgehead atoms. The largest absolute Gasteiger partial charge is 0.368 e. The summed E-state index contributed by atoms with van der Waals surface area (Å²) in [6, 6.07) is 11.0. The van der Waals surface area contributed by atoms with Gasteiger partial charge < -0.3 is 14.3 Å². The number of amides is 1. The normalized spacial score (nSPS) is 14.3. The lowest BCUT2D eigenvalue weighted by Crippen LogP contribution is -2.50. The first-order valence-corrected chi connectivity index (χ1v) is 10.2. The molecule has 4 rings (SSSR count). The number of rotatable bonds is 5. The molecule has 1 aliphatic heterocycles. The first-order chi connectivity index (χ1) is 14.9. The van der Waals surface area contributed by atoms with Crippen LogP contribution in [0.25, 0.3) is 11.6 Å². The zero-order chi connectivity index (χ0) is 22.0. The second-order valence-corrected chi connectivity index (χ2v) is 7.79. The van der Waals surface area contributed by atoms with Crippen LogP contribution in [-0.4, -0.2) is 51.7 Å². The summed E-state index contributed by atoms with van der Waals surface area (Å²) < 4.78 is 19.8. The molecule has 0 aliphatic carbocycles. The Labute approximate surface area is 178 Å². The van der Waals surface area contributed by atoms with Crippen molar-refractivity contribution in [1.29, 1.82) is 0 Å². The predicted molar refractivity (Wildman–Crippen MR) is 113 cm³/mol. The summed E-state index contributed by atoms with van der Waals surface area (Å²) in [4.78, 5) is 33.6. The van der Waals surface area contributed by atoms with E-state index in [1.54, 1.807) is 29.2 Å². The minimum absolute atomic E-state index is 0.0837. The summed E-state index contributed by atoms with van der Waals surface area (Å²) in [7, 11) is 0. The van der Waals surface area contributed by atoms with E-state index in [4.69, 9.17) is 4.52 Å². The van der Waals surface area contributed by atoms with Crippen molar-refractivity contribution < 1.29 is 13.7 Å². The van der Waals surface area contributed by atoms with Crippen molar-refractivity contribution in [3.8, 4) is 11.6 Å². The smallest absolute Gasteiger partial charge is 0.274 e. The number of aromatic nitrogens is 3. The number of hydrogen-bond acceptors (Lipinski definition) is 6. The Morgan fingerprint density at radius 3 is 2.45 bits per heavy atom. The van der Waals surface area contributed by atoms with Crippen LogP contribution in [0.3, 0.4) is 0 Å². The average molecular weight is 425 g/mol. The summed E-state index contributed by atoms with van der Waals surface area (Å²) >= 11 is 0. The van der Waals surface area contributed by atoms with Crippen LogP contribution in [0.5, 0.6) is 0 Å². The zero-order valence-electron chi connectivity index (χ0n) is 17.5. The van der Waals surface area contributed by atoms with Crippen LogP contribution in [0.2, 0.25) is 0 Å². The highest BCUT2D eigenvalue weighted by Gasteiger charge is 2.23. The molecular formula is C22H24FN5O3. The monoisotopic (exact) mass is 425 g/mol. The molecule has 0 unspecified atom stereocenters.